The number of carbonyl (C=O) groups is 3. The van der Waals surface area contributed by atoms with Gasteiger partial charge in [-0.25, -0.2) is 4.79 Å². The van der Waals surface area contributed by atoms with Crippen LogP contribution >= 0.6 is 0 Å². The van der Waals surface area contributed by atoms with Crippen LogP contribution in [-0.4, -0.2) is 59.7 Å². The van der Waals surface area contributed by atoms with Crippen molar-refractivity contribution < 1.29 is 19.1 Å². The van der Waals surface area contributed by atoms with E-state index in [1.165, 1.54) is 6.20 Å². The summed E-state index contributed by atoms with van der Waals surface area (Å²) in [5.74, 6) is -1.11. The Hall–Kier alpha value is -3.46. The minimum atomic E-state index is -1.09. The van der Waals surface area contributed by atoms with Gasteiger partial charge in [0.15, 0.2) is 0 Å². The Morgan fingerprint density at radius 3 is 2.68 bits per heavy atom. The van der Waals surface area contributed by atoms with Crippen molar-refractivity contribution in [3.8, 4) is 0 Å². The number of rotatable bonds is 6. The zero-order valence-corrected chi connectivity index (χ0v) is 17.3. The number of aromatic nitrogens is 1. The summed E-state index contributed by atoms with van der Waals surface area (Å²) in [6.07, 6.45) is 2.57. The van der Waals surface area contributed by atoms with Gasteiger partial charge in [0, 0.05) is 25.0 Å². The third-order valence-electron chi connectivity index (χ3n) is 5.58. The fourth-order valence-corrected chi connectivity index (χ4v) is 3.71. The Morgan fingerprint density at radius 2 is 1.94 bits per heavy atom. The van der Waals surface area contributed by atoms with Crippen LogP contribution in [0, 0.1) is 0 Å². The van der Waals surface area contributed by atoms with Gasteiger partial charge in [0.2, 0.25) is 0 Å². The summed E-state index contributed by atoms with van der Waals surface area (Å²) in [7, 11) is 0. The molecule has 0 radical (unpaired) electrons. The predicted molar refractivity (Wildman–Crippen MR) is 113 cm³/mol. The number of pyridine rings is 1. The zero-order chi connectivity index (χ0) is 21.8. The van der Waals surface area contributed by atoms with Gasteiger partial charge in [0.25, 0.3) is 11.8 Å². The maximum Gasteiger partial charge on any atom is 0.344 e. The van der Waals surface area contributed by atoms with Gasteiger partial charge in [-0.15, -0.1) is 0 Å². The lowest BCUT2D eigenvalue weighted by Crippen LogP contribution is -2.49. The highest BCUT2D eigenvalue weighted by Gasteiger charge is 2.48. The number of morpholine rings is 1. The molecule has 1 unspecified atom stereocenters. The molecule has 1 atom stereocenters. The number of nitrogens with one attached hydrogen (secondary N) is 2. The highest BCUT2D eigenvalue weighted by atomic mass is 16.5. The van der Waals surface area contributed by atoms with Crippen molar-refractivity contribution in [3.63, 3.8) is 0 Å². The molecule has 2 aliphatic rings. The highest BCUT2D eigenvalue weighted by Crippen LogP contribution is 2.23. The van der Waals surface area contributed by atoms with Gasteiger partial charge in [-0.05, 0) is 37.5 Å². The molecule has 4 rings (SSSR count). The molecule has 31 heavy (non-hydrogen) atoms. The number of anilines is 1. The van der Waals surface area contributed by atoms with E-state index in [1.807, 2.05) is 36.4 Å². The molecular formula is C22H25N5O4. The van der Waals surface area contributed by atoms with Crippen LogP contribution < -0.4 is 15.6 Å². The second-order valence-corrected chi connectivity index (χ2v) is 7.83. The van der Waals surface area contributed by atoms with Gasteiger partial charge in [0.05, 0.1) is 13.2 Å². The van der Waals surface area contributed by atoms with Crippen LogP contribution in [0.1, 0.15) is 29.4 Å². The summed E-state index contributed by atoms with van der Waals surface area (Å²) in [5, 5.41) is 3.45. The van der Waals surface area contributed by atoms with E-state index in [4.69, 9.17) is 4.74 Å². The van der Waals surface area contributed by atoms with E-state index in [2.05, 4.69) is 20.6 Å². The molecule has 1 aromatic heterocycles. The zero-order valence-electron chi connectivity index (χ0n) is 17.3. The number of nitrogens with zero attached hydrogens (tertiary/aromatic N) is 3. The summed E-state index contributed by atoms with van der Waals surface area (Å²) >= 11 is 0. The van der Waals surface area contributed by atoms with E-state index in [0.29, 0.717) is 26.1 Å². The quantitative estimate of drug-likeness (QED) is 0.683. The summed E-state index contributed by atoms with van der Waals surface area (Å²) in [4.78, 5) is 44.3. The fourth-order valence-electron chi connectivity index (χ4n) is 3.71. The van der Waals surface area contributed by atoms with E-state index in [0.717, 1.165) is 29.3 Å². The number of hydrogen-bond donors (Lipinski definition) is 2. The molecule has 2 N–H and O–H groups in total. The number of aryl methyl sites for hydroxylation is 1. The van der Waals surface area contributed by atoms with E-state index in [-0.39, 0.29) is 5.69 Å². The summed E-state index contributed by atoms with van der Waals surface area (Å²) in [5.41, 5.74) is 3.35. The third kappa shape index (κ3) is 4.51. The minimum absolute atomic E-state index is 0.127. The first-order valence-corrected chi connectivity index (χ1v) is 10.3. The van der Waals surface area contributed by atoms with Crippen LogP contribution in [0.15, 0.2) is 48.7 Å². The number of ether oxygens (including phenoxy) is 1. The van der Waals surface area contributed by atoms with Gasteiger partial charge < -0.3 is 15.0 Å². The molecule has 3 heterocycles. The average Bonchev–Trinajstić information content (AvgIpc) is 3.02. The molecular weight excluding hydrogens is 398 g/mol. The maximum absolute atomic E-state index is 12.9. The second-order valence-electron chi connectivity index (χ2n) is 7.83. The van der Waals surface area contributed by atoms with Gasteiger partial charge in [-0.1, -0.05) is 30.3 Å². The van der Waals surface area contributed by atoms with E-state index >= 15 is 0 Å². The lowest BCUT2D eigenvalue weighted by Gasteiger charge is -2.28. The standard InChI is InChI=1S/C22H25N5O4/c1-22(9-7-16-5-3-2-4-6-16)20(29)27(21(30)24-22)25-19(28)18-15-17(8-10-23-18)26-11-13-31-14-12-26/h2-6,8,10,15H,7,9,11-14H2,1H3,(H,24,30)(H,25,28). The molecule has 162 valence electrons. The van der Waals surface area contributed by atoms with Gasteiger partial charge >= 0.3 is 6.03 Å². The summed E-state index contributed by atoms with van der Waals surface area (Å²) in [6.45, 7) is 4.34. The third-order valence-corrected chi connectivity index (χ3v) is 5.58. The number of benzene rings is 1. The van der Waals surface area contributed by atoms with Gasteiger partial charge in [-0.2, -0.15) is 5.01 Å². The predicted octanol–water partition coefficient (Wildman–Crippen LogP) is 1.51. The summed E-state index contributed by atoms with van der Waals surface area (Å²) < 4.78 is 5.35. The average molecular weight is 423 g/mol. The van der Waals surface area contributed by atoms with Crippen LogP contribution in [0.5, 0.6) is 0 Å². The number of imide groups is 1. The molecule has 2 fully saturated rings. The molecule has 2 saturated heterocycles. The van der Waals surface area contributed by atoms with Crippen LogP contribution in [0.4, 0.5) is 10.5 Å². The Bertz CT molecular complexity index is 977. The highest BCUT2D eigenvalue weighted by molar-refractivity contribution is 6.08. The first kappa shape index (κ1) is 20.8. The van der Waals surface area contributed by atoms with Crippen LogP contribution in [0.3, 0.4) is 0 Å². The molecule has 1 aromatic carbocycles. The van der Waals surface area contributed by atoms with Crippen LogP contribution in [0.25, 0.3) is 0 Å². The monoisotopic (exact) mass is 423 g/mol. The molecule has 0 spiro atoms. The molecule has 0 saturated carbocycles. The van der Waals surface area contributed by atoms with E-state index in [1.54, 1.807) is 13.0 Å². The fraction of sp³-hybridized carbons (Fsp3) is 0.364. The van der Waals surface area contributed by atoms with E-state index in [9.17, 15) is 14.4 Å². The van der Waals surface area contributed by atoms with Crippen molar-refractivity contribution in [1.82, 2.24) is 20.7 Å². The smallest absolute Gasteiger partial charge is 0.344 e. The maximum atomic E-state index is 12.9. The van der Waals surface area contributed by atoms with E-state index < -0.39 is 23.4 Å². The number of amides is 4. The number of urea groups is 1. The van der Waals surface area contributed by atoms with Crippen LogP contribution in [0.2, 0.25) is 0 Å². The minimum Gasteiger partial charge on any atom is -0.378 e. The SMILES string of the molecule is CC1(CCc2ccccc2)NC(=O)N(NC(=O)c2cc(N3CCOCC3)ccn2)C1=O. The Morgan fingerprint density at radius 1 is 1.19 bits per heavy atom. The Kier molecular flexibility index (Phi) is 5.85. The Labute approximate surface area is 180 Å². The molecule has 2 aromatic rings. The molecule has 4 amide bonds. The second kappa shape index (κ2) is 8.73. The van der Waals surface area contributed by atoms with Crippen molar-refractivity contribution in [1.29, 1.82) is 0 Å². The molecule has 0 aliphatic carbocycles. The van der Waals surface area contributed by atoms with Crippen molar-refractivity contribution in [3.05, 3.63) is 59.9 Å². The largest absolute Gasteiger partial charge is 0.378 e. The van der Waals surface area contributed by atoms with Gasteiger partial charge in [-0.3, -0.25) is 20.0 Å². The molecule has 0 bridgehead atoms. The first-order valence-electron chi connectivity index (χ1n) is 10.3. The van der Waals surface area contributed by atoms with Crippen molar-refractivity contribution in [2.45, 2.75) is 25.3 Å². The first-order chi connectivity index (χ1) is 15.0. The van der Waals surface area contributed by atoms with Crippen LogP contribution in [-0.2, 0) is 16.0 Å². The topological polar surface area (TPSA) is 104 Å². The lowest BCUT2D eigenvalue weighted by atomic mass is 9.93. The Balaban J connectivity index is 1.42. The van der Waals surface area contributed by atoms with Gasteiger partial charge in [0.1, 0.15) is 11.2 Å². The number of hydrazine groups is 1. The number of hydrogen-bond acceptors (Lipinski definition) is 6. The lowest BCUT2D eigenvalue weighted by molar-refractivity contribution is -0.132. The summed E-state index contributed by atoms with van der Waals surface area (Å²) in [6, 6.07) is 12.5. The molecule has 9 heteroatoms. The normalized spacial score (nSPS) is 21.2. The molecule has 2 aliphatic heterocycles. The molecule has 9 nitrogen and oxygen atoms in total. The van der Waals surface area contributed by atoms with Crippen molar-refractivity contribution >= 4 is 23.5 Å². The van der Waals surface area contributed by atoms with Crippen molar-refractivity contribution in [2.75, 3.05) is 31.2 Å². The van der Waals surface area contributed by atoms with Crippen molar-refractivity contribution in [2.24, 2.45) is 0 Å². The number of carbonyl (C=O) groups excluding carboxylic acids is 3.